The lowest BCUT2D eigenvalue weighted by Crippen LogP contribution is -2.24. The van der Waals surface area contributed by atoms with Gasteiger partial charge in [-0.3, -0.25) is 9.78 Å². The van der Waals surface area contributed by atoms with Crippen LogP contribution in [0, 0.1) is 0 Å². The Kier molecular flexibility index (Phi) is 5.18. The van der Waals surface area contributed by atoms with Crippen molar-refractivity contribution in [2.45, 2.75) is 19.8 Å². The molecular weight excluding hydrogens is 274 g/mol. The highest BCUT2D eigenvalue weighted by Crippen LogP contribution is 2.24. The summed E-state index contributed by atoms with van der Waals surface area (Å²) < 4.78 is 0. The van der Waals surface area contributed by atoms with Gasteiger partial charge in [0.05, 0.1) is 5.52 Å². The lowest BCUT2D eigenvalue weighted by molar-refractivity contribution is -0.120. The highest BCUT2D eigenvalue weighted by Gasteiger charge is 2.02. The fourth-order valence-corrected chi connectivity index (χ4v) is 2.11. The first-order valence-corrected chi connectivity index (χ1v) is 7.13. The van der Waals surface area contributed by atoms with Crippen molar-refractivity contribution < 1.29 is 4.79 Å². The van der Waals surface area contributed by atoms with Crippen molar-refractivity contribution in [3.8, 4) is 0 Å². The summed E-state index contributed by atoms with van der Waals surface area (Å²) in [5.41, 5.74) is 1.91. The van der Waals surface area contributed by atoms with Crippen molar-refractivity contribution in [2.75, 3.05) is 18.4 Å². The number of fused-ring (bicyclic) bond motifs is 1. The van der Waals surface area contributed by atoms with Crippen LogP contribution in [0.2, 0.25) is 5.02 Å². The summed E-state index contributed by atoms with van der Waals surface area (Å²) in [6, 6.07) is 7.62. The third kappa shape index (κ3) is 3.84. The van der Waals surface area contributed by atoms with Gasteiger partial charge in [-0.2, -0.15) is 0 Å². The lowest BCUT2D eigenvalue weighted by Gasteiger charge is -2.10. The number of carbonyl (C=O) groups excluding carboxylic acids is 1. The van der Waals surface area contributed by atoms with Crippen molar-refractivity contribution in [3.05, 3.63) is 35.5 Å². The molecule has 0 saturated heterocycles. The van der Waals surface area contributed by atoms with Crippen LogP contribution in [0.1, 0.15) is 19.8 Å². The van der Waals surface area contributed by atoms with Gasteiger partial charge in [0.2, 0.25) is 5.91 Å². The SMILES string of the molecule is CCC(=O)NCCCNc1ccnc2cc(Cl)ccc12. The molecule has 2 aromatic rings. The zero-order valence-corrected chi connectivity index (χ0v) is 12.2. The number of amides is 1. The summed E-state index contributed by atoms with van der Waals surface area (Å²) in [5, 5.41) is 7.95. The monoisotopic (exact) mass is 291 g/mol. The zero-order chi connectivity index (χ0) is 14.4. The molecule has 20 heavy (non-hydrogen) atoms. The minimum atomic E-state index is 0.0917. The van der Waals surface area contributed by atoms with Crippen LogP contribution in [-0.2, 0) is 4.79 Å². The molecule has 1 aromatic carbocycles. The van der Waals surface area contributed by atoms with Crippen molar-refractivity contribution >= 4 is 34.1 Å². The average molecular weight is 292 g/mol. The van der Waals surface area contributed by atoms with E-state index in [1.807, 2.05) is 31.2 Å². The van der Waals surface area contributed by atoms with E-state index in [4.69, 9.17) is 11.6 Å². The molecule has 1 aromatic heterocycles. The number of nitrogens with one attached hydrogen (secondary N) is 2. The molecule has 0 bridgehead atoms. The zero-order valence-electron chi connectivity index (χ0n) is 11.4. The molecule has 5 heteroatoms. The van der Waals surface area contributed by atoms with E-state index in [2.05, 4.69) is 15.6 Å². The predicted octanol–water partition coefficient (Wildman–Crippen LogP) is 3.22. The molecule has 0 spiro atoms. The van der Waals surface area contributed by atoms with Gasteiger partial charge in [0.1, 0.15) is 0 Å². The van der Waals surface area contributed by atoms with E-state index in [9.17, 15) is 4.79 Å². The van der Waals surface area contributed by atoms with E-state index in [-0.39, 0.29) is 5.91 Å². The number of rotatable bonds is 6. The fourth-order valence-electron chi connectivity index (χ4n) is 1.94. The summed E-state index contributed by atoms with van der Waals surface area (Å²) in [7, 11) is 0. The Bertz CT molecular complexity index is 601. The maximum absolute atomic E-state index is 11.1. The van der Waals surface area contributed by atoms with E-state index in [1.165, 1.54) is 0 Å². The van der Waals surface area contributed by atoms with Gasteiger partial charge < -0.3 is 10.6 Å². The van der Waals surface area contributed by atoms with Crippen LogP contribution < -0.4 is 10.6 Å². The largest absolute Gasteiger partial charge is 0.384 e. The van der Waals surface area contributed by atoms with Gasteiger partial charge in [-0.1, -0.05) is 18.5 Å². The molecule has 0 saturated carbocycles. The van der Waals surface area contributed by atoms with Gasteiger partial charge in [-0.05, 0) is 30.7 Å². The van der Waals surface area contributed by atoms with E-state index in [1.54, 1.807) is 6.20 Å². The second-order valence-electron chi connectivity index (χ2n) is 4.50. The lowest BCUT2D eigenvalue weighted by atomic mass is 10.2. The minimum absolute atomic E-state index is 0.0917. The molecule has 4 nitrogen and oxygen atoms in total. The molecule has 0 atom stereocenters. The van der Waals surface area contributed by atoms with Crippen LogP contribution in [0.15, 0.2) is 30.5 Å². The van der Waals surface area contributed by atoms with Gasteiger partial charge in [0.15, 0.2) is 0 Å². The highest BCUT2D eigenvalue weighted by atomic mass is 35.5. The topological polar surface area (TPSA) is 54.0 Å². The second kappa shape index (κ2) is 7.10. The smallest absolute Gasteiger partial charge is 0.219 e. The Morgan fingerprint density at radius 3 is 2.95 bits per heavy atom. The van der Waals surface area contributed by atoms with Crippen LogP contribution in [-0.4, -0.2) is 24.0 Å². The Hall–Kier alpha value is -1.81. The van der Waals surface area contributed by atoms with Gasteiger partial charge in [-0.25, -0.2) is 0 Å². The van der Waals surface area contributed by atoms with Crippen molar-refractivity contribution in [2.24, 2.45) is 0 Å². The Morgan fingerprint density at radius 2 is 2.15 bits per heavy atom. The van der Waals surface area contributed by atoms with Crippen LogP contribution in [0.25, 0.3) is 10.9 Å². The van der Waals surface area contributed by atoms with Crippen molar-refractivity contribution in [3.63, 3.8) is 0 Å². The minimum Gasteiger partial charge on any atom is -0.384 e. The third-order valence-corrected chi connectivity index (χ3v) is 3.25. The molecular formula is C15H18ClN3O. The molecule has 2 rings (SSSR count). The number of anilines is 1. The normalized spacial score (nSPS) is 10.5. The number of hydrogen-bond donors (Lipinski definition) is 2. The molecule has 0 aliphatic carbocycles. The average Bonchev–Trinajstić information content (AvgIpc) is 2.46. The number of carbonyl (C=O) groups is 1. The second-order valence-corrected chi connectivity index (χ2v) is 4.94. The van der Waals surface area contributed by atoms with E-state index >= 15 is 0 Å². The summed E-state index contributed by atoms with van der Waals surface area (Å²) >= 11 is 5.96. The number of pyridine rings is 1. The van der Waals surface area contributed by atoms with E-state index in [0.29, 0.717) is 18.0 Å². The summed E-state index contributed by atoms with van der Waals surface area (Å²) in [6.45, 7) is 3.34. The molecule has 0 radical (unpaired) electrons. The number of benzene rings is 1. The first kappa shape index (κ1) is 14.6. The molecule has 2 N–H and O–H groups in total. The summed E-state index contributed by atoms with van der Waals surface area (Å²) in [6.07, 6.45) is 3.17. The molecule has 0 fully saturated rings. The first-order chi connectivity index (χ1) is 9.70. The number of hydrogen-bond acceptors (Lipinski definition) is 3. The third-order valence-electron chi connectivity index (χ3n) is 3.02. The Morgan fingerprint density at radius 1 is 1.30 bits per heavy atom. The fraction of sp³-hybridized carbons (Fsp3) is 0.333. The number of nitrogens with zero attached hydrogens (tertiary/aromatic N) is 1. The van der Waals surface area contributed by atoms with Gasteiger partial charge in [-0.15, -0.1) is 0 Å². The van der Waals surface area contributed by atoms with Gasteiger partial charge >= 0.3 is 0 Å². The highest BCUT2D eigenvalue weighted by molar-refractivity contribution is 6.31. The molecule has 1 amide bonds. The van der Waals surface area contributed by atoms with E-state index in [0.717, 1.165) is 29.6 Å². The van der Waals surface area contributed by atoms with Crippen molar-refractivity contribution in [1.82, 2.24) is 10.3 Å². The Labute approximate surface area is 123 Å². The van der Waals surface area contributed by atoms with Crippen molar-refractivity contribution in [1.29, 1.82) is 0 Å². The first-order valence-electron chi connectivity index (χ1n) is 6.75. The van der Waals surface area contributed by atoms with Crippen LogP contribution in [0.4, 0.5) is 5.69 Å². The molecule has 0 aliphatic rings. The Balaban J connectivity index is 1.92. The quantitative estimate of drug-likeness (QED) is 0.804. The van der Waals surface area contributed by atoms with Crippen LogP contribution >= 0.6 is 11.6 Å². The van der Waals surface area contributed by atoms with E-state index < -0.39 is 0 Å². The number of aromatic nitrogens is 1. The van der Waals surface area contributed by atoms with Crippen LogP contribution in [0.3, 0.4) is 0 Å². The standard InChI is InChI=1S/C15H18ClN3O/c1-2-15(20)19-8-3-7-17-13-6-9-18-14-10-11(16)4-5-12(13)14/h4-6,9-10H,2-3,7-8H2,1H3,(H,17,18)(H,19,20). The molecule has 1 heterocycles. The molecule has 106 valence electrons. The maximum atomic E-state index is 11.1. The molecule has 0 unspecified atom stereocenters. The number of halogens is 1. The van der Waals surface area contributed by atoms with Crippen LogP contribution in [0.5, 0.6) is 0 Å². The van der Waals surface area contributed by atoms with Gasteiger partial charge in [0, 0.05) is 41.8 Å². The summed E-state index contributed by atoms with van der Waals surface area (Å²) in [5.74, 6) is 0.0917. The summed E-state index contributed by atoms with van der Waals surface area (Å²) in [4.78, 5) is 15.4. The molecule has 0 aliphatic heterocycles. The maximum Gasteiger partial charge on any atom is 0.219 e. The van der Waals surface area contributed by atoms with Gasteiger partial charge in [0.25, 0.3) is 0 Å². The predicted molar refractivity (Wildman–Crippen MR) is 83.2 cm³/mol.